The quantitative estimate of drug-likeness (QED) is 0.667. The zero-order valence-corrected chi connectivity index (χ0v) is 16.0. The number of amides is 1. The number of nitrogens with zero attached hydrogens (tertiary/aromatic N) is 2. The van der Waals surface area contributed by atoms with Crippen molar-refractivity contribution < 1.29 is 17.6 Å². The summed E-state index contributed by atoms with van der Waals surface area (Å²) in [6.07, 6.45) is 0.600. The summed E-state index contributed by atoms with van der Waals surface area (Å²) in [6, 6.07) is 4.13. The molecule has 2 N–H and O–H groups in total. The van der Waals surface area contributed by atoms with Gasteiger partial charge in [0.05, 0.1) is 22.4 Å². The smallest absolute Gasteiger partial charge is 0.276 e. The second kappa shape index (κ2) is 6.69. The summed E-state index contributed by atoms with van der Waals surface area (Å²) in [5, 5.41) is 5.79. The Bertz CT molecular complexity index is 1260. The first-order chi connectivity index (χ1) is 13.2. The fourth-order valence-electron chi connectivity index (χ4n) is 3.63. The molecule has 0 bridgehead atoms. The number of carbonyl (C=O) groups is 1. The van der Waals surface area contributed by atoms with Gasteiger partial charge in [-0.1, -0.05) is 6.07 Å². The lowest BCUT2D eigenvalue weighted by Crippen LogP contribution is -2.36. The molecule has 3 aromatic rings. The second-order valence-electron chi connectivity index (χ2n) is 7.08. The van der Waals surface area contributed by atoms with Crippen molar-refractivity contribution in [1.82, 2.24) is 19.9 Å². The van der Waals surface area contributed by atoms with Gasteiger partial charge in [-0.15, -0.1) is 0 Å². The van der Waals surface area contributed by atoms with E-state index < -0.39 is 15.7 Å². The van der Waals surface area contributed by atoms with Crippen LogP contribution in [0, 0.1) is 12.7 Å². The second-order valence-corrected chi connectivity index (χ2v) is 9.31. The van der Waals surface area contributed by atoms with Crippen LogP contribution in [0.1, 0.15) is 24.1 Å². The van der Waals surface area contributed by atoms with Crippen molar-refractivity contribution in [3.63, 3.8) is 0 Å². The van der Waals surface area contributed by atoms with E-state index in [4.69, 9.17) is 0 Å². The van der Waals surface area contributed by atoms with E-state index in [1.54, 1.807) is 19.1 Å². The maximum atomic E-state index is 14.1. The number of sulfone groups is 1. The van der Waals surface area contributed by atoms with Crippen molar-refractivity contribution >= 4 is 32.3 Å². The highest BCUT2D eigenvalue weighted by Gasteiger charge is 2.28. The lowest BCUT2D eigenvalue weighted by atomic mass is 10.1. The van der Waals surface area contributed by atoms with Crippen LogP contribution >= 0.6 is 0 Å². The summed E-state index contributed by atoms with van der Waals surface area (Å²) in [7, 11) is -3.08. The molecule has 2 aromatic heterocycles. The highest BCUT2D eigenvalue weighted by atomic mass is 32.2. The van der Waals surface area contributed by atoms with Crippen LogP contribution in [-0.2, 0) is 21.1 Å². The highest BCUT2D eigenvalue weighted by molar-refractivity contribution is 7.91. The maximum Gasteiger partial charge on any atom is 0.276 e. The number of hydrogen-bond acceptors (Lipinski definition) is 5. The molecule has 148 valence electrons. The van der Waals surface area contributed by atoms with Crippen molar-refractivity contribution in [1.29, 1.82) is 0 Å². The molecular formula is C18H19FN4O4S. The Kier molecular flexibility index (Phi) is 4.45. The fourth-order valence-corrected chi connectivity index (χ4v) is 5.31. The minimum absolute atomic E-state index is 0.0367. The zero-order chi connectivity index (χ0) is 20.1. The van der Waals surface area contributed by atoms with Crippen LogP contribution < -0.4 is 10.9 Å². The summed E-state index contributed by atoms with van der Waals surface area (Å²) in [6.45, 7) is 1.65. The molecule has 0 aliphatic carbocycles. The molecule has 0 radical (unpaired) electrons. The van der Waals surface area contributed by atoms with Crippen LogP contribution in [0.15, 0.2) is 23.0 Å². The SMILES string of the molecule is Cc1nc2c3c(F)cccc3[nH]n2c(=O)c1CCC(=O)N[C@@H]1CCS(=O)(=O)C1. The summed E-state index contributed by atoms with van der Waals surface area (Å²) in [5.41, 5.74) is 1.08. The molecule has 3 heterocycles. The van der Waals surface area contributed by atoms with Gasteiger partial charge < -0.3 is 5.32 Å². The fraction of sp³-hybridized carbons (Fsp3) is 0.389. The third-order valence-electron chi connectivity index (χ3n) is 5.05. The van der Waals surface area contributed by atoms with Gasteiger partial charge >= 0.3 is 0 Å². The highest BCUT2D eigenvalue weighted by Crippen LogP contribution is 2.21. The third kappa shape index (κ3) is 3.28. The standard InChI is InChI=1S/C18H19FN4O4S/c1-10-12(5-6-15(24)21-11-7-8-28(26,27)9-11)18(25)23-17(20-10)16-13(19)3-2-4-14(16)22-23/h2-4,11,22H,5-9H2,1H3,(H,21,24)/t11-/m1/s1. The molecule has 10 heteroatoms. The average Bonchev–Trinajstić information content (AvgIpc) is 3.15. The van der Waals surface area contributed by atoms with E-state index in [0.717, 1.165) is 0 Å². The molecular weight excluding hydrogens is 387 g/mol. The summed E-state index contributed by atoms with van der Waals surface area (Å²) in [4.78, 5) is 29.4. The van der Waals surface area contributed by atoms with Gasteiger partial charge in [0.2, 0.25) is 5.91 Å². The predicted molar refractivity (Wildman–Crippen MR) is 102 cm³/mol. The van der Waals surface area contributed by atoms with E-state index in [1.807, 2.05) is 0 Å². The van der Waals surface area contributed by atoms with Crippen LogP contribution in [0.3, 0.4) is 0 Å². The molecule has 1 aliphatic rings. The zero-order valence-electron chi connectivity index (χ0n) is 15.2. The first-order valence-electron chi connectivity index (χ1n) is 8.93. The number of H-pyrrole nitrogens is 1. The summed E-state index contributed by atoms with van der Waals surface area (Å²) in [5.74, 6) is -0.750. The van der Waals surface area contributed by atoms with Crippen molar-refractivity contribution in [2.24, 2.45) is 0 Å². The van der Waals surface area contributed by atoms with Gasteiger partial charge in [0, 0.05) is 23.7 Å². The Labute approximate surface area is 159 Å². The molecule has 1 amide bonds. The number of fused-ring (bicyclic) bond motifs is 3. The molecule has 28 heavy (non-hydrogen) atoms. The Morgan fingerprint density at radius 2 is 2.21 bits per heavy atom. The Balaban J connectivity index is 1.57. The Hall–Kier alpha value is -2.75. The molecule has 0 spiro atoms. The van der Waals surface area contributed by atoms with Crippen molar-refractivity contribution in [3.8, 4) is 0 Å². The van der Waals surface area contributed by atoms with E-state index in [2.05, 4.69) is 15.4 Å². The number of halogens is 1. The lowest BCUT2D eigenvalue weighted by molar-refractivity contribution is -0.121. The molecule has 1 aliphatic heterocycles. The topological polar surface area (TPSA) is 113 Å². The summed E-state index contributed by atoms with van der Waals surface area (Å²) < 4.78 is 38.3. The number of aromatic nitrogens is 3. The molecule has 1 saturated heterocycles. The predicted octanol–water partition coefficient (Wildman–Crippen LogP) is 0.859. The van der Waals surface area contributed by atoms with Gasteiger partial charge in [-0.05, 0) is 31.9 Å². The molecule has 0 unspecified atom stereocenters. The number of rotatable bonds is 4. The summed E-state index contributed by atoms with van der Waals surface area (Å²) >= 11 is 0. The van der Waals surface area contributed by atoms with Gasteiger partial charge in [0.15, 0.2) is 15.5 Å². The van der Waals surface area contributed by atoms with Crippen LogP contribution in [0.2, 0.25) is 0 Å². The molecule has 1 fully saturated rings. The Morgan fingerprint density at radius 1 is 1.43 bits per heavy atom. The normalized spacial score (nSPS) is 18.7. The molecule has 8 nitrogen and oxygen atoms in total. The molecule has 1 aromatic carbocycles. The first-order valence-corrected chi connectivity index (χ1v) is 10.8. The molecule has 4 rings (SSSR count). The van der Waals surface area contributed by atoms with Crippen LogP contribution in [0.4, 0.5) is 4.39 Å². The maximum absolute atomic E-state index is 14.1. The van der Waals surface area contributed by atoms with Gasteiger partial charge in [-0.25, -0.2) is 22.3 Å². The van der Waals surface area contributed by atoms with Gasteiger partial charge in [-0.3, -0.25) is 14.7 Å². The number of nitrogens with one attached hydrogen (secondary N) is 2. The number of aromatic amines is 1. The molecule has 0 saturated carbocycles. The van der Waals surface area contributed by atoms with E-state index in [-0.39, 0.29) is 52.9 Å². The first kappa shape index (κ1) is 18.6. The van der Waals surface area contributed by atoms with E-state index in [0.29, 0.717) is 23.2 Å². The van der Waals surface area contributed by atoms with Gasteiger partial charge in [0.1, 0.15) is 5.82 Å². The number of benzene rings is 1. The van der Waals surface area contributed by atoms with Crippen molar-refractivity contribution in [3.05, 3.63) is 45.6 Å². The number of carbonyl (C=O) groups excluding carboxylic acids is 1. The minimum Gasteiger partial charge on any atom is -0.352 e. The van der Waals surface area contributed by atoms with Crippen LogP contribution in [0.25, 0.3) is 16.6 Å². The number of aryl methyl sites for hydroxylation is 1. The van der Waals surface area contributed by atoms with Crippen LogP contribution in [0.5, 0.6) is 0 Å². The van der Waals surface area contributed by atoms with Crippen molar-refractivity contribution in [2.75, 3.05) is 11.5 Å². The minimum atomic E-state index is -3.08. The van der Waals surface area contributed by atoms with E-state index >= 15 is 0 Å². The van der Waals surface area contributed by atoms with E-state index in [1.165, 1.54) is 10.6 Å². The number of hydrogen-bond donors (Lipinski definition) is 2. The average molecular weight is 406 g/mol. The van der Waals surface area contributed by atoms with Crippen molar-refractivity contribution in [2.45, 2.75) is 32.2 Å². The third-order valence-corrected chi connectivity index (χ3v) is 6.82. The largest absolute Gasteiger partial charge is 0.352 e. The van der Waals surface area contributed by atoms with Gasteiger partial charge in [0.25, 0.3) is 5.56 Å². The molecule has 1 atom stereocenters. The van der Waals surface area contributed by atoms with Crippen LogP contribution in [-0.4, -0.2) is 46.5 Å². The Morgan fingerprint density at radius 3 is 2.93 bits per heavy atom. The lowest BCUT2D eigenvalue weighted by Gasteiger charge is -2.11. The van der Waals surface area contributed by atoms with Gasteiger partial charge in [-0.2, -0.15) is 0 Å². The monoisotopic (exact) mass is 406 g/mol. The van der Waals surface area contributed by atoms with E-state index in [9.17, 15) is 22.4 Å².